The smallest absolute Gasteiger partial charge is 0.335 e. The normalized spacial score (nSPS) is 11.6. The van der Waals surface area contributed by atoms with Crippen molar-refractivity contribution < 1.29 is 14.6 Å². The molecular formula is C28H30N2O4Si. The van der Waals surface area contributed by atoms with E-state index in [0.717, 1.165) is 11.6 Å². The summed E-state index contributed by atoms with van der Waals surface area (Å²) in [7, 11) is -1.27. The van der Waals surface area contributed by atoms with Gasteiger partial charge in [-0.25, -0.2) is 9.78 Å². The molecule has 180 valence electrons. The molecule has 0 unspecified atom stereocenters. The van der Waals surface area contributed by atoms with Crippen molar-refractivity contribution in [3.63, 3.8) is 0 Å². The molecule has 0 atom stereocenters. The van der Waals surface area contributed by atoms with Gasteiger partial charge in [-0.05, 0) is 41.8 Å². The highest BCUT2D eigenvalue weighted by Crippen LogP contribution is 2.27. The van der Waals surface area contributed by atoms with E-state index in [0.29, 0.717) is 35.2 Å². The molecule has 6 nitrogen and oxygen atoms in total. The van der Waals surface area contributed by atoms with Crippen LogP contribution in [-0.2, 0) is 17.9 Å². The van der Waals surface area contributed by atoms with Crippen LogP contribution in [-0.4, -0.2) is 35.3 Å². The zero-order valence-electron chi connectivity index (χ0n) is 20.3. The van der Waals surface area contributed by atoms with Crippen LogP contribution in [0.1, 0.15) is 21.5 Å². The third-order valence-corrected chi connectivity index (χ3v) is 7.66. The van der Waals surface area contributed by atoms with Crippen LogP contribution in [0.2, 0.25) is 25.7 Å². The summed E-state index contributed by atoms with van der Waals surface area (Å²) in [6, 6.07) is 23.1. The van der Waals surface area contributed by atoms with Crippen molar-refractivity contribution in [2.75, 3.05) is 6.61 Å². The Hall–Kier alpha value is -3.55. The number of benzene rings is 3. The van der Waals surface area contributed by atoms with E-state index in [1.54, 1.807) is 22.8 Å². The summed E-state index contributed by atoms with van der Waals surface area (Å²) >= 11 is 0. The molecule has 3 aromatic carbocycles. The molecular weight excluding hydrogens is 456 g/mol. The van der Waals surface area contributed by atoms with Gasteiger partial charge in [0.1, 0.15) is 12.4 Å². The number of carbonyl (C=O) groups is 1. The molecule has 0 fully saturated rings. The van der Waals surface area contributed by atoms with Crippen LogP contribution in [0.3, 0.4) is 0 Å². The molecule has 0 aliphatic rings. The first kappa shape index (κ1) is 24.6. The quantitative estimate of drug-likeness (QED) is 0.244. The van der Waals surface area contributed by atoms with Gasteiger partial charge in [0.25, 0.3) is 5.56 Å². The van der Waals surface area contributed by atoms with Crippen molar-refractivity contribution >= 4 is 25.1 Å². The van der Waals surface area contributed by atoms with Crippen molar-refractivity contribution in [1.29, 1.82) is 0 Å². The van der Waals surface area contributed by atoms with Gasteiger partial charge in [0, 0.05) is 20.2 Å². The van der Waals surface area contributed by atoms with Gasteiger partial charge in [-0.15, -0.1) is 0 Å². The van der Waals surface area contributed by atoms with Gasteiger partial charge in [-0.2, -0.15) is 0 Å². The summed E-state index contributed by atoms with van der Waals surface area (Å²) in [5.74, 6) is -1.03. The van der Waals surface area contributed by atoms with Crippen LogP contribution < -0.4 is 5.56 Å². The maximum atomic E-state index is 13.7. The minimum absolute atomic E-state index is 0.117. The highest BCUT2D eigenvalue weighted by atomic mass is 28.3. The minimum atomic E-state index is -1.27. The molecule has 1 N–H and O–H groups in total. The summed E-state index contributed by atoms with van der Waals surface area (Å²) in [6.07, 6.45) is 0.374. The average Bonchev–Trinajstić information content (AvgIpc) is 2.83. The molecule has 4 rings (SSSR count). The van der Waals surface area contributed by atoms with E-state index in [4.69, 9.17) is 9.72 Å². The van der Waals surface area contributed by atoms with E-state index in [1.165, 1.54) is 0 Å². The Morgan fingerprint density at radius 1 is 0.971 bits per heavy atom. The van der Waals surface area contributed by atoms with Crippen LogP contribution in [0, 0.1) is 0 Å². The number of hydrogen-bond acceptors (Lipinski definition) is 4. The van der Waals surface area contributed by atoms with Gasteiger partial charge in [0.2, 0.25) is 0 Å². The summed E-state index contributed by atoms with van der Waals surface area (Å²) in [5.41, 5.74) is 3.49. The van der Waals surface area contributed by atoms with E-state index in [1.807, 2.05) is 54.6 Å². The summed E-state index contributed by atoms with van der Waals surface area (Å²) in [6.45, 7) is 7.55. The lowest BCUT2D eigenvalue weighted by Crippen LogP contribution is -2.27. The fourth-order valence-corrected chi connectivity index (χ4v) is 4.79. The largest absolute Gasteiger partial charge is 0.478 e. The van der Waals surface area contributed by atoms with Crippen LogP contribution >= 0.6 is 0 Å². The Balaban J connectivity index is 1.84. The number of nitrogens with zero attached hydrogens (tertiary/aromatic N) is 2. The second-order valence-corrected chi connectivity index (χ2v) is 15.5. The lowest BCUT2D eigenvalue weighted by atomic mass is 9.93. The second kappa shape index (κ2) is 10.4. The van der Waals surface area contributed by atoms with E-state index in [-0.39, 0.29) is 23.5 Å². The number of hydrogen-bond donors (Lipinski definition) is 1. The van der Waals surface area contributed by atoms with Gasteiger partial charge < -0.3 is 9.84 Å². The van der Waals surface area contributed by atoms with Crippen LogP contribution in [0.4, 0.5) is 0 Å². The van der Waals surface area contributed by atoms with Gasteiger partial charge >= 0.3 is 5.97 Å². The Morgan fingerprint density at radius 3 is 2.40 bits per heavy atom. The monoisotopic (exact) mass is 486 g/mol. The van der Waals surface area contributed by atoms with Crippen molar-refractivity contribution in [3.8, 4) is 11.3 Å². The predicted octanol–water partition coefficient (Wildman–Crippen LogP) is 5.66. The zero-order valence-corrected chi connectivity index (χ0v) is 21.3. The summed E-state index contributed by atoms with van der Waals surface area (Å²) in [5, 5.41) is 9.90. The molecule has 0 amide bonds. The number of para-hydroxylation sites is 2. The number of ether oxygens (including phenoxy) is 1. The minimum Gasteiger partial charge on any atom is -0.478 e. The van der Waals surface area contributed by atoms with E-state index in [9.17, 15) is 14.7 Å². The lowest BCUT2D eigenvalue weighted by Gasteiger charge is -2.18. The third kappa shape index (κ3) is 5.75. The highest BCUT2D eigenvalue weighted by molar-refractivity contribution is 6.76. The molecule has 4 aromatic rings. The van der Waals surface area contributed by atoms with Gasteiger partial charge in [0.15, 0.2) is 0 Å². The Labute approximate surface area is 205 Å². The molecule has 35 heavy (non-hydrogen) atoms. The van der Waals surface area contributed by atoms with Gasteiger partial charge in [0.05, 0.1) is 16.6 Å². The number of carboxylic acids is 1. The molecule has 1 aromatic heterocycles. The van der Waals surface area contributed by atoms with E-state index in [2.05, 4.69) is 19.6 Å². The summed E-state index contributed by atoms with van der Waals surface area (Å²) < 4.78 is 7.54. The first-order valence-electron chi connectivity index (χ1n) is 11.7. The van der Waals surface area contributed by atoms with Gasteiger partial charge in [-0.3, -0.25) is 9.36 Å². The molecule has 0 saturated carbocycles. The first-order chi connectivity index (χ1) is 16.7. The van der Waals surface area contributed by atoms with Crippen molar-refractivity contribution in [3.05, 3.63) is 99.8 Å². The molecule has 0 aliphatic heterocycles. The number of aromatic carboxylic acids is 1. The number of rotatable bonds is 9. The Morgan fingerprint density at radius 2 is 1.69 bits per heavy atom. The fraction of sp³-hybridized carbons (Fsp3) is 0.250. The van der Waals surface area contributed by atoms with Crippen LogP contribution in [0.5, 0.6) is 0 Å². The number of carboxylic acid groups (broad SMARTS) is 1. The van der Waals surface area contributed by atoms with Crippen molar-refractivity contribution in [2.24, 2.45) is 0 Å². The molecule has 0 saturated heterocycles. The fourth-order valence-electron chi connectivity index (χ4n) is 4.03. The third-order valence-electron chi connectivity index (χ3n) is 5.95. The van der Waals surface area contributed by atoms with E-state index >= 15 is 0 Å². The molecule has 0 radical (unpaired) electrons. The SMILES string of the molecule is C[Si](C)(C)CCOCn1c(=O)c(-c2cccc(C(=O)O)c2Cc2ccccc2)nc2ccccc21. The van der Waals surface area contributed by atoms with Gasteiger partial charge in [-0.1, -0.05) is 74.2 Å². The standard InChI is InChI=1S/C28H30N2O4Si/c1-35(2,3)17-16-34-19-30-25-15-8-7-14-24(25)29-26(27(30)31)21-12-9-13-22(28(32)33)23(21)18-20-10-5-4-6-11-20/h4-15H,16-19H2,1-3H3,(H,32,33). The van der Waals surface area contributed by atoms with Crippen LogP contribution in [0.15, 0.2) is 77.6 Å². The number of fused-ring (bicyclic) bond motifs is 1. The molecule has 0 spiro atoms. The Bertz CT molecular complexity index is 1410. The number of aromatic nitrogens is 2. The lowest BCUT2D eigenvalue weighted by molar-refractivity contribution is 0.0696. The van der Waals surface area contributed by atoms with E-state index < -0.39 is 14.0 Å². The first-order valence-corrected chi connectivity index (χ1v) is 15.4. The maximum absolute atomic E-state index is 13.7. The molecule has 1 heterocycles. The van der Waals surface area contributed by atoms with Crippen LogP contribution in [0.25, 0.3) is 22.3 Å². The van der Waals surface area contributed by atoms with Crippen molar-refractivity contribution in [1.82, 2.24) is 9.55 Å². The summed E-state index contributed by atoms with van der Waals surface area (Å²) in [4.78, 5) is 30.5. The predicted molar refractivity (Wildman–Crippen MR) is 142 cm³/mol. The second-order valence-electron chi connectivity index (χ2n) is 9.83. The van der Waals surface area contributed by atoms with Crippen molar-refractivity contribution in [2.45, 2.75) is 38.8 Å². The highest BCUT2D eigenvalue weighted by Gasteiger charge is 2.21. The molecule has 7 heteroatoms. The maximum Gasteiger partial charge on any atom is 0.335 e. The molecule has 0 aliphatic carbocycles. The Kier molecular flexibility index (Phi) is 7.28. The topological polar surface area (TPSA) is 81.4 Å². The molecule has 0 bridgehead atoms. The average molecular weight is 487 g/mol. The zero-order chi connectivity index (χ0) is 25.0.